The number of carbonyl (C=O) groups excluding carboxylic acids is 1. The van der Waals surface area contributed by atoms with Gasteiger partial charge in [-0.2, -0.15) is 0 Å². The molecule has 0 bridgehead atoms. The smallest absolute Gasteiger partial charge is 0.274 e. The predicted molar refractivity (Wildman–Crippen MR) is 133 cm³/mol. The molecule has 3 heterocycles. The van der Waals surface area contributed by atoms with Gasteiger partial charge in [-0.3, -0.25) is 14.8 Å². The van der Waals surface area contributed by atoms with Gasteiger partial charge in [0.1, 0.15) is 11.3 Å². The first-order chi connectivity index (χ1) is 16.2. The zero-order chi connectivity index (χ0) is 24.1. The Hall–Kier alpha value is -3.67. The first-order valence-corrected chi connectivity index (χ1v) is 11.5. The highest BCUT2D eigenvalue weighted by atomic mass is 16.5. The Kier molecular flexibility index (Phi) is 5.19. The monoisotopic (exact) mass is 455 g/mol. The molecule has 0 saturated heterocycles. The van der Waals surface area contributed by atoms with Crippen LogP contribution in [0.3, 0.4) is 0 Å². The van der Waals surface area contributed by atoms with Crippen LogP contribution in [0.4, 0.5) is 5.69 Å². The lowest BCUT2D eigenvalue weighted by Gasteiger charge is -2.31. The number of nitrogens with zero attached hydrogens (tertiary/aromatic N) is 2. The summed E-state index contributed by atoms with van der Waals surface area (Å²) in [6, 6.07) is 15.2. The Balaban J connectivity index is 1.59. The van der Waals surface area contributed by atoms with Crippen LogP contribution in [-0.2, 0) is 12.8 Å². The van der Waals surface area contributed by atoms with Gasteiger partial charge in [0.05, 0.1) is 18.4 Å². The second-order valence-electron chi connectivity index (χ2n) is 10.2. The number of ether oxygens (including phenoxy) is 2. The zero-order valence-corrected chi connectivity index (χ0v) is 20.2. The molecule has 6 heteroatoms. The minimum absolute atomic E-state index is 0.246. The van der Waals surface area contributed by atoms with E-state index in [1.54, 1.807) is 31.5 Å². The van der Waals surface area contributed by atoms with Crippen molar-refractivity contribution in [3.05, 3.63) is 82.7 Å². The normalized spacial score (nSPS) is 17.1. The Morgan fingerprint density at radius 1 is 1.06 bits per heavy atom. The molecule has 1 N–H and O–H groups in total. The van der Waals surface area contributed by atoms with Gasteiger partial charge in [-0.15, -0.1) is 0 Å². The van der Waals surface area contributed by atoms with E-state index in [9.17, 15) is 4.79 Å². The zero-order valence-electron chi connectivity index (χ0n) is 20.2. The van der Waals surface area contributed by atoms with Crippen molar-refractivity contribution >= 4 is 17.3 Å². The second kappa shape index (κ2) is 7.97. The van der Waals surface area contributed by atoms with Crippen LogP contribution < -0.4 is 14.8 Å². The number of nitrogens with one attached hydrogen (secondary N) is 1. The number of aliphatic imine (C=N–C) groups is 1. The molecule has 1 aromatic heterocycles. The fraction of sp³-hybridized carbons (Fsp3) is 0.321. The lowest BCUT2D eigenvalue weighted by molar-refractivity contribution is 0.102. The van der Waals surface area contributed by atoms with Crippen LogP contribution in [0.15, 0.2) is 59.7 Å². The minimum atomic E-state index is -0.318. The molecule has 0 unspecified atom stereocenters. The van der Waals surface area contributed by atoms with E-state index in [0.717, 1.165) is 46.7 Å². The van der Waals surface area contributed by atoms with Crippen LogP contribution in [0.5, 0.6) is 11.5 Å². The number of fused-ring (bicyclic) bond motifs is 3. The van der Waals surface area contributed by atoms with Gasteiger partial charge in [-0.1, -0.05) is 18.2 Å². The molecule has 6 nitrogen and oxygen atoms in total. The molecule has 0 radical (unpaired) electrons. The van der Waals surface area contributed by atoms with E-state index >= 15 is 0 Å². The Bertz CT molecular complexity index is 1310. The van der Waals surface area contributed by atoms with Gasteiger partial charge in [0, 0.05) is 35.0 Å². The van der Waals surface area contributed by atoms with Crippen LogP contribution in [0.25, 0.3) is 0 Å². The minimum Gasteiger partial charge on any atom is -0.493 e. The number of anilines is 1. The fourth-order valence-electron chi connectivity index (χ4n) is 4.87. The highest BCUT2D eigenvalue weighted by Crippen LogP contribution is 2.47. The van der Waals surface area contributed by atoms with E-state index < -0.39 is 0 Å². The molecule has 0 saturated carbocycles. The number of rotatable bonds is 4. The molecule has 0 fully saturated rings. The molecule has 2 aliphatic rings. The van der Waals surface area contributed by atoms with Crippen molar-refractivity contribution < 1.29 is 14.3 Å². The Morgan fingerprint density at radius 2 is 1.88 bits per heavy atom. The van der Waals surface area contributed by atoms with Crippen LogP contribution in [0, 0.1) is 0 Å². The standard InChI is InChI=1S/C28H29N3O3/c1-27(2)15-18-14-22(33-5)25-20(16-28(3,4)34-25)23(18)24(31-27)17-9-8-10-19(13-17)30-26(32)21-11-6-7-12-29-21/h6-14H,15-16H2,1-5H3,(H,30,32). The topological polar surface area (TPSA) is 72.8 Å². The molecular weight excluding hydrogens is 426 g/mol. The summed E-state index contributed by atoms with van der Waals surface area (Å²) in [6.07, 6.45) is 3.20. The predicted octanol–water partition coefficient (Wildman–Crippen LogP) is 5.23. The van der Waals surface area contributed by atoms with Crippen molar-refractivity contribution in [1.82, 2.24) is 4.98 Å². The maximum atomic E-state index is 12.7. The maximum Gasteiger partial charge on any atom is 0.274 e. The quantitative estimate of drug-likeness (QED) is 0.585. The molecule has 2 aliphatic heterocycles. The van der Waals surface area contributed by atoms with Crippen LogP contribution in [0.2, 0.25) is 0 Å². The molecule has 174 valence electrons. The van der Waals surface area contributed by atoms with E-state index in [1.807, 2.05) is 24.3 Å². The second-order valence-corrected chi connectivity index (χ2v) is 10.2. The summed E-state index contributed by atoms with van der Waals surface area (Å²) in [4.78, 5) is 22.0. The van der Waals surface area contributed by atoms with Crippen LogP contribution in [0.1, 0.15) is 60.4 Å². The highest BCUT2D eigenvalue weighted by molar-refractivity contribution is 6.16. The number of methoxy groups -OCH3 is 1. The van der Waals surface area contributed by atoms with Gasteiger partial charge in [-0.05, 0) is 70.0 Å². The van der Waals surface area contributed by atoms with Crippen molar-refractivity contribution in [1.29, 1.82) is 0 Å². The largest absolute Gasteiger partial charge is 0.493 e. The Morgan fingerprint density at radius 3 is 2.62 bits per heavy atom. The highest BCUT2D eigenvalue weighted by Gasteiger charge is 2.39. The molecule has 3 aromatic rings. The third-order valence-corrected chi connectivity index (χ3v) is 6.19. The summed E-state index contributed by atoms with van der Waals surface area (Å²) >= 11 is 0. The van der Waals surface area contributed by atoms with Crippen molar-refractivity contribution in [2.45, 2.75) is 51.7 Å². The van der Waals surface area contributed by atoms with E-state index in [-0.39, 0.29) is 17.0 Å². The molecule has 0 atom stereocenters. The first kappa shape index (κ1) is 22.1. The number of pyridine rings is 1. The number of benzene rings is 2. The molecule has 0 aliphatic carbocycles. The van der Waals surface area contributed by atoms with Crippen LogP contribution in [-0.4, -0.2) is 34.9 Å². The fourth-order valence-corrected chi connectivity index (χ4v) is 4.87. The number of carbonyl (C=O) groups is 1. The van der Waals surface area contributed by atoms with Gasteiger partial charge in [0.25, 0.3) is 5.91 Å². The van der Waals surface area contributed by atoms with Gasteiger partial charge in [0.15, 0.2) is 11.5 Å². The molecule has 5 rings (SSSR count). The summed E-state index contributed by atoms with van der Waals surface area (Å²) < 4.78 is 12.0. The van der Waals surface area contributed by atoms with Gasteiger partial charge in [0.2, 0.25) is 0 Å². The van der Waals surface area contributed by atoms with Gasteiger partial charge >= 0.3 is 0 Å². The number of aromatic nitrogens is 1. The summed E-state index contributed by atoms with van der Waals surface area (Å²) in [7, 11) is 1.69. The summed E-state index contributed by atoms with van der Waals surface area (Å²) in [6.45, 7) is 8.47. The summed E-state index contributed by atoms with van der Waals surface area (Å²) in [5.41, 5.74) is 5.80. The number of hydrogen-bond acceptors (Lipinski definition) is 5. The average Bonchev–Trinajstić information content (AvgIpc) is 3.12. The number of hydrogen-bond donors (Lipinski definition) is 1. The average molecular weight is 456 g/mol. The summed E-state index contributed by atoms with van der Waals surface area (Å²) in [5, 5.41) is 2.96. The SMILES string of the molecule is COc1cc2c(c3c1OC(C)(C)C3)C(c1cccc(NC(=O)c3ccccn3)c1)=NC(C)(C)C2. The Labute approximate surface area is 200 Å². The van der Waals surface area contributed by atoms with Crippen molar-refractivity contribution in [3.8, 4) is 11.5 Å². The molecular formula is C28H29N3O3. The number of amides is 1. The van der Waals surface area contributed by atoms with Gasteiger partial charge < -0.3 is 14.8 Å². The first-order valence-electron chi connectivity index (χ1n) is 11.5. The molecule has 1 amide bonds. The summed E-state index contributed by atoms with van der Waals surface area (Å²) in [5.74, 6) is 1.33. The lowest BCUT2D eigenvalue weighted by atomic mass is 9.81. The lowest BCUT2D eigenvalue weighted by Crippen LogP contribution is -2.30. The molecule has 2 aromatic carbocycles. The van der Waals surface area contributed by atoms with Crippen molar-refractivity contribution in [2.24, 2.45) is 4.99 Å². The maximum absolute atomic E-state index is 12.7. The van der Waals surface area contributed by atoms with E-state index in [2.05, 4.69) is 44.1 Å². The third-order valence-electron chi connectivity index (χ3n) is 6.19. The van der Waals surface area contributed by atoms with Crippen molar-refractivity contribution in [2.75, 3.05) is 12.4 Å². The van der Waals surface area contributed by atoms with E-state index in [1.165, 1.54) is 5.56 Å². The molecule has 0 spiro atoms. The van der Waals surface area contributed by atoms with Crippen LogP contribution >= 0.6 is 0 Å². The van der Waals surface area contributed by atoms with E-state index in [4.69, 9.17) is 14.5 Å². The van der Waals surface area contributed by atoms with Crippen molar-refractivity contribution in [3.63, 3.8) is 0 Å². The third kappa shape index (κ3) is 4.04. The van der Waals surface area contributed by atoms with Gasteiger partial charge in [-0.25, -0.2) is 0 Å². The molecule has 34 heavy (non-hydrogen) atoms. The van der Waals surface area contributed by atoms with E-state index in [0.29, 0.717) is 11.4 Å².